The summed E-state index contributed by atoms with van der Waals surface area (Å²) in [5.74, 6) is -0.816. The largest absolute Gasteiger partial charge is 0.481 e. The van der Waals surface area contributed by atoms with Gasteiger partial charge in [-0.25, -0.2) is 0 Å². The fourth-order valence-electron chi connectivity index (χ4n) is 2.04. The third kappa shape index (κ3) is 1.66. The highest BCUT2D eigenvalue weighted by Crippen LogP contribution is 2.43. The van der Waals surface area contributed by atoms with Crippen molar-refractivity contribution in [3.63, 3.8) is 0 Å². The zero-order chi connectivity index (χ0) is 11.1. The fraction of sp³-hybridized carbons (Fsp3) is 0.400. The molecule has 15 heavy (non-hydrogen) atoms. The van der Waals surface area contributed by atoms with Crippen LogP contribution in [0.5, 0.6) is 0 Å². The Labute approximate surface area is 95.6 Å². The molecule has 1 heterocycles. The second-order valence-electron chi connectivity index (χ2n) is 3.95. The number of hydrogen-bond acceptors (Lipinski definition) is 3. The molecule has 0 saturated heterocycles. The number of carboxylic acid groups (broad SMARTS) is 1. The summed E-state index contributed by atoms with van der Waals surface area (Å²) in [6.45, 7) is 0. The van der Waals surface area contributed by atoms with Gasteiger partial charge < -0.3 is 10.8 Å². The van der Waals surface area contributed by atoms with Crippen LogP contribution < -0.4 is 5.73 Å². The number of rotatable bonds is 2. The van der Waals surface area contributed by atoms with Gasteiger partial charge >= 0.3 is 5.97 Å². The predicted octanol–water partition coefficient (Wildman–Crippen LogP) is 1.29. The highest BCUT2D eigenvalue weighted by molar-refractivity contribution is 9.10. The van der Waals surface area contributed by atoms with Crippen molar-refractivity contribution in [1.29, 1.82) is 0 Å². The first-order chi connectivity index (χ1) is 7.04. The molecule has 0 aromatic carbocycles. The lowest BCUT2D eigenvalue weighted by molar-refractivity contribution is -0.148. The van der Waals surface area contributed by atoms with E-state index >= 15 is 0 Å². The van der Waals surface area contributed by atoms with Crippen LogP contribution in [-0.2, 0) is 10.2 Å². The lowest BCUT2D eigenvalue weighted by Crippen LogP contribution is -2.54. The molecule has 1 aromatic rings. The van der Waals surface area contributed by atoms with E-state index in [1.54, 1.807) is 18.5 Å². The first kappa shape index (κ1) is 10.6. The second-order valence-corrected chi connectivity index (χ2v) is 4.86. The van der Waals surface area contributed by atoms with Crippen LogP contribution in [0.3, 0.4) is 0 Å². The maximum absolute atomic E-state index is 11.3. The summed E-state index contributed by atoms with van der Waals surface area (Å²) in [5.41, 5.74) is 5.58. The van der Waals surface area contributed by atoms with Crippen molar-refractivity contribution in [1.82, 2.24) is 4.98 Å². The Morgan fingerprint density at radius 2 is 2.27 bits per heavy atom. The summed E-state index contributed by atoms with van der Waals surface area (Å²) in [7, 11) is 0. The predicted molar refractivity (Wildman–Crippen MR) is 58.5 cm³/mol. The van der Waals surface area contributed by atoms with Crippen molar-refractivity contribution in [2.75, 3.05) is 0 Å². The molecule has 0 atom stereocenters. The minimum Gasteiger partial charge on any atom is -0.481 e. The summed E-state index contributed by atoms with van der Waals surface area (Å²) in [6.07, 6.45) is 4.21. The van der Waals surface area contributed by atoms with Crippen molar-refractivity contribution in [2.45, 2.75) is 24.3 Å². The van der Waals surface area contributed by atoms with E-state index in [0.29, 0.717) is 12.8 Å². The number of carboxylic acids is 1. The summed E-state index contributed by atoms with van der Waals surface area (Å²) in [6, 6.07) is 1.78. The van der Waals surface area contributed by atoms with Crippen LogP contribution in [0.25, 0.3) is 0 Å². The van der Waals surface area contributed by atoms with Gasteiger partial charge in [0, 0.05) is 22.9 Å². The average Bonchev–Trinajstić information content (AvgIpc) is 2.12. The third-order valence-corrected chi connectivity index (χ3v) is 3.32. The van der Waals surface area contributed by atoms with Gasteiger partial charge in [0.15, 0.2) is 0 Å². The molecular weight excluding hydrogens is 260 g/mol. The van der Waals surface area contributed by atoms with Gasteiger partial charge in [-0.05, 0) is 40.4 Å². The molecule has 1 aromatic heterocycles. The van der Waals surface area contributed by atoms with Gasteiger partial charge in [0.1, 0.15) is 0 Å². The van der Waals surface area contributed by atoms with Gasteiger partial charge in [-0.2, -0.15) is 0 Å². The molecule has 0 radical (unpaired) electrons. The van der Waals surface area contributed by atoms with Crippen LogP contribution in [0, 0.1) is 0 Å². The molecule has 3 N–H and O–H groups in total. The van der Waals surface area contributed by atoms with E-state index in [1.807, 2.05) is 0 Å². The Morgan fingerprint density at radius 3 is 2.73 bits per heavy atom. The lowest BCUT2D eigenvalue weighted by Gasteiger charge is -2.42. The topological polar surface area (TPSA) is 76.2 Å². The maximum Gasteiger partial charge on any atom is 0.314 e. The normalized spacial score (nSPS) is 29.6. The Balaban J connectivity index is 2.39. The summed E-state index contributed by atoms with van der Waals surface area (Å²) >= 11 is 3.29. The Kier molecular flexibility index (Phi) is 2.52. The third-order valence-electron chi connectivity index (χ3n) is 2.89. The monoisotopic (exact) mass is 270 g/mol. The van der Waals surface area contributed by atoms with Crippen molar-refractivity contribution in [2.24, 2.45) is 5.73 Å². The van der Waals surface area contributed by atoms with Gasteiger partial charge in [-0.15, -0.1) is 0 Å². The van der Waals surface area contributed by atoms with Crippen LogP contribution in [0.2, 0.25) is 0 Å². The molecule has 0 unspecified atom stereocenters. The molecule has 1 aliphatic carbocycles. The van der Waals surface area contributed by atoms with Crippen molar-refractivity contribution >= 4 is 21.9 Å². The van der Waals surface area contributed by atoms with Crippen LogP contribution in [0.4, 0.5) is 0 Å². The standard InChI is InChI=1S/C10H11BrN2O2/c11-7-1-6(4-13-5-7)10(9(14)15)2-8(12)3-10/h1,4-5,8H,2-3,12H2,(H,14,15). The molecule has 1 saturated carbocycles. The molecule has 0 amide bonds. The molecule has 5 heteroatoms. The van der Waals surface area contributed by atoms with Crippen LogP contribution in [0.1, 0.15) is 18.4 Å². The Morgan fingerprint density at radius 1 is 1.60 bits per heavy atom. The number of halogens is 1. The summed E-state index contributed by atoms with van der Waals surface area (Å²) in [5, 5.41) is 9.25. The highest BCUT2D eigenvalue weighted by Gasteiger charge is 2.50. The van der Waals surface area contributed by atoms with Crippen molar-refractivity contribution in [3.8, 4) is 0 Å². The van der Waals surface area contributed by atoms with E-state index < -0.39 is 11.4 Å². The molecule has 2 rings (SSSR count). The van der Waals surface area contributed by atoms with Crippen molar-refractivity contribution in [3.05, 3.63) is 28.5 Å². The smallest absolute Gasteiger partial charge is 0.314 e. The van der Waals surface area contributed by atoms with Gasteiger partial charge in [-0.1, -0.05) is 0 Å². The van der Waals surface area contributed by atoms with Gasteiger partial charge in [0.05, 0.1) is 5.41 Å². The maximum atomic E-state index is 11.3. The number of aromatic nitrogens is 1. The zero-order valence-corrected chi connectivity index (χ0v) is 9.57. The molecule has 0 bridgehead atoms. The fourth-order valence-corrected chi connectivity index (χ4v) is 2.41. The van der Waals surface area contributed by atoms with E-state index in [1.165, 1.54) is 0 Å². The van der Waals surface area contributed by atoms with E-state index in [4.69, 9.17) is 5.73 Å². The first-order valence-corrected chi connectivity index (χ1v) is 5.44. The summed E-state index contributed by atoms with van der Waals surface area (Å²) in [4.78, 5) is 15.3. The first-order valence-electron chi connectivity index (χ1n) is 4.64. The van der Waals surface area contributed by atoms with E-state index in [0.717, 1.165) is 10.0 Å². The number of nitrogens with zero attached hydrogens (tertiary/aromatic N) is 1. The summed E-state index contributed by atoms with van der Waals surface area (Å²) < 4.78 is 0.793. The number of carbonyl (C=O) groups is 1. The molecule has 0 spiro atoms. The molecule has 1 aliphatic rings. The quantitative estimate of drug-likeness (QED) is 0.849. The van der Waals surface area contributed by atoms with Crippen LogP contribution in [-0.4, -0.2) is 22.1 Å². The van der Waals surface area contributed by atoms with E-state index in [9.17, 15) is 9.90 Å². The Bertz CT molecular complexity index is 402. The molecule has 0 aliphatic heterocycles. The second kappa shape index (κ2) is 3.57. The minimum atomic E-state index is -0.823. The molecule has 1 fully saturated rings. The molecule has 4 nitrogen and oxygen atoms in total. The van der Waals surface area contributed by atoms with E-state index in [-0.39, 0.29) is 6.04 Å². The number of aliphatic carboxylic acids is 1. The molecule has 80 valence electrons. The Hall–Kier alpha value is -0.940. The van der Waals surface area contributed by atoms with Gasteiger partial charge in [-0.3, -0.25) is 9.78 Å². The zero-order valence-electron chi connectivity index (χ0n) is 7.98. The minimum absolute atomic E-state index is 0.0138. The number of hydrogen-bond donors (Lipinski definition) is 2. The molecular formula is C10H11BrN2O2. The van der Waals surface area contributed by atoms with Gasteiger partial charge in [0.25, 0.3) is 0 Å². The SMILES string of the molecule is NC1CC(C(=O)O)(c2cncc(Br)c2)C1. The van der Waals surface area contributed by atoms with Crippen LogP contribution in [0.15, 0.2) is 22.9 Å². The number of nitrogens with two attached hydrogens (primary N) is 1. The van der Waals surface area contributed by atoms with Crippen LogP contribution >= 0.6 is 15.9 Å². The van der Waals surface area contributed by atoms with E-state index in [2.05, 4.69) is 20.9 Å². The van der Waals surface area contributed by atoms with Gasteiger partial charge in [0.2, 0.25) is 0 Å². The highest BCUT2D eigenvalue weighted by atomic mass is 79.9. The average molecular weight is 271 g/mol. The lowest BCUT2D eigenvalue weighted by atomic mass is 9.62. The van der Waals surface area contributed by atoms with Crippen molar-refractivity contribution < 1.29 is 9.90 Å². The number of pyridine rings is 1.